The molecule has 3 aliphatic heterocycles. The van der Waals surface area contributed by atoms with Gasteiger partial charge in [-0.05, 0) is 96.0 Å². The molecule has 2 aromatic heterocycles. The molecular formula is C76H65N4OPtSi-. The van der Waals surface area contributed by atoms with E-state index < -0.39 is 8.07 Å². The van der Waals surface area contributed by atoms with Gasteiger partial charge < -0.3 is 13.8 Å². The number of aromatic nitrogens is 2. The van der Waals surface area contributed by atoms with Crippen molar-refractivity contribution < 1.29 is 25.8 Å². The van der Waals surface area contributed by atoms with Gasteiger partial charge in [-0.3, -0.25) is 4.48 Å². The van der Waals surface area contributed by atoms with Crippen molar-refractivity contribution in [2.45, 2.75) is 59.3 Å². The maximum Gasteiger partial charge on any atom is 0.187 e. The predicted octanol–water partition coefficient (Wildman–Crippen LogP) is 16.6. The Morgan fingerprint density at radius 1 is 0.506 bits per heavy atom. The minimum absolute atomic E-state index is 0. The second-order valence-corrected chi connectivity index (χ2v) is 28.3. The first-order chi connectivity index (χ1) is 39.7. The van der Waals surface area contributed by atoms with Crippen molar-refractivity contribution in [3.05, 3.63) is 284 Å². The van der Waals surface area contributed by atoms with Crippen molar-refractivity contribution in [1.29, 1.82) is 0 Å². The van der Waals surface area contributed by atoms with Crippen molar-refractivity contribution in [2.75, 3.05) is 6.67 Å². The Hall–Kier alpha value is -8.22. The number of hydrogen-bond acceptors (Lipinski definition) is 2. The molecule has 0 saturated carbocycles. The van der Waals surface area contributed by atoms with Crippen LogP contribution in [-0.2, 0) is 31.9 Å². The maximum atomic E-state index is 6.89. The van der Waals surface area contributed by atoms with Crippen LogP contribution in [0, 0.1) is 25.7 Å². The van der Waals surface area contributed by atoms with Crippen LogP contribution in [0.4, 0.5) is 22.7 Å². The molecule has 2 bridgehead atoms. The molecule has 1 saturated heterocycles. The number of nitrogens with zero attached hydrogens (tertiary/aromatic N) is 4. The molecule has 2 atom stereocenters. The summed E-state index contributed by atoms with van der Waals surface area (Å²) in [6.07, 6.45) is 2.05. The van der Waals surface area contributed by atoms with Gasteiger partial charge in [0.15, 0.2) is 26.1 Å². The molecule has 0 amide bonds. The fourth-order valence-corrected chi connectivity index (χ4v) is 18.1. The quantitative estimate of drug-likeness (QED) is 0.0558. The van der Waals surface area contributed by atoms with Crippen molar-refractivity contribution in [3.63, 3.8) is 0 Å². The Morgan fingerprint density at radius 3 is 1.73 bits per heavy atom. The summed E-state index contributed by atoms with van der Waals surface area (Å²) in [7, 11) is -2.75. The summed E-state index contributed by atoms with van der Waals surface area (Å²) in [4.78, 5) is 5.31. The zero-order chi connectivity index (χ0) is 56.0. The summed E-state index contributed by atoms with van der Waals surface area (Å²) in [6, 6.07) is 96.7. The SMILES string of the molecule is Cc1cc(-n2c3[c-]c(Oc4[c-]c([N@@+]56[CH-][N@@+](c7cccc(C(C)(C)C)c7)(C5)c5c(-c7cccc(C(C)(C)C)c7)cccc56)ccc4)ccc3c3ccccc32)ncc1-c1cccc([Si](c2ccccc2)(c2ccccc2)c2ccccc2)c1.[Pt]. The molecule has 3 aliphatic rings. The average molecular weight is 1270 g/mol. The van der Waals surface area contributed by atoms with Gasteiger partial charge in [0.25, 0.3) is 0 Å². The third-order valence-electron chi connectivity index (χ3n) is 17.4. The summed E-state index contributed by atoms with van der Waals surface area (Å²) in [5.41, 5.74) is 15.4. The number of ether oxygens (including phenoxy) is 1. The topological polar surface area (TPSA) is 27.1 Å². The van der Waals surface area contributed by atoms with Crippen molar-refractivity contribution in [1.82, 2.24) is 18.5 Å². The molecule has 5 nitrogen and oxygen atoms in total. The molecular weight excluding hydrogens is 1210 g/mol. The fourth-order valence-electron chi connectivity index (χ4n) is 13.3. The van der Waals surface area contributed by atoms with Crippen LogP contribution < -0.4 is 34.4 Å². The van der Waals surface area contributed by atoms with Gasteiger partial charge in [0.1, 0.15) is 11.5 Å². The zero-order valence-corrected chi connectivity index (χ0v) is 51.2. The molecule has 0 aliphatic carbocycles. The molecule has 83 heavy (non-hydrogen) atoms. The van der Waals surface area contributed by atoms with E-state index in [1.54, 1.807) is 0 Å². The molecule has 7 heteroatoms. The molecule has 0 N–H and O–H groups in total. The number of fused-ring (bicyclic) bond motifs is 3. The van der Waals surface area contributed by atoms with Gasteiger partial charge in [-0.2, -0.15) is 12.1 Å². The third kappa shape index (κ3) is 8.89. The zero-order valence-electron chi connectivity index (χ0n) is 48.0. The van der Waals surface area contributed by atoms with E-state index in [0.29, 0.717) is 20.5 Å². The van der Waals surface area contributed by atoms with Crippen LogP contribution in [-0.4, -0.2) is 24.3 Å². The first kappa shape index (κ1) is 54.0. The minimum Gasteiger partial charge on any atom is -0.509 e. The fraction of sp³-hybridized carbons (Fsp3) is 0.132. The summed E-state index contributed by atoms with van der Waals surface area (Å²) in [5.74, 6) is 2.07. The minimum atomic E-state index is -2.75. The molecule has 0 radical (unpaired) electrons. The summed E-state index contributed by atoms with van der Waals surface area (Å²) in [6.45, 7) is 19.3. The summed E-state index contributed by atoms with van der Waals surface area (Å²) in [5, 5.41) is 7.57. The molecule has 15 rings (SSSR count). The van der Waals surface area contributed by atoms with E-state index in [-0.39, 0.29) is 31.9 Å². The second-order valence-electron chi connectivity index (χ2n) is 24.5. The van der Waals surface area contributed by atoms with E-state index >= 15 is 0 Å². The molecule has 10 aromatic carbocycles. The molecule has 0 unspecified atom stereocenters. The molecule has 1 fully saturated rings. The number of para-hydroxylation sites is 2. The Kier molecular flexibility index (Phi) is 13.4. The van der Waals surface area contributed by atoms with E-state index in [1.807, 2.05) is 12.1 Å². The number of hydrogen-bond donors (Lipinski definition) is 0. The largest absolute Gasteiger partial charge is 0.509 e. The van der Waals surface area contributed by atoms with Gasteiger partial charge in [-0.15, -0.1) is 29.7 Å². The number of aryl methyl sites for hydroxylation is 1. The standard InChI is InChI=1S/C76H65N4OSi.Pt/c1-53-44-73(77-50-69(53)55-25-20-37-65(46-55)82(62-31-11-8-12-32-62,63-33-13-9-14-34-63)64-35-15-10-16-36-64)78-70-40-18-17-38-67(70)68-43-42-61(49-71(68)78)81-60-30-22-29-59(48-60)79-51-80(52-79,58-28-21-27-57(47-58)76(5,6)7)74-66(39-23-41-72(74)79)54-24-19-26-56(45-54)75(2,3)4;/h8-47,50-51H,52H2,1-7H3;/q-1;/t79-,80+;/m1./s1. The maximum absolute atomic E-state index is 6.89. The number of quaternary nitrogens is 2. The second kappa shape index (κ2) is 20.6. The molecule has 12 aromatic rings. The van der Waals surface area contributed by atoms with Crippen molar-refractivity contribution in [2.24, 2.45) is 0 Å². The smallest absolute Gasteiger partial charge is 0.187 e. The normalized spacial score (nSPS) is 16.5. The number of pyridine rings is 1. The van der Waals surface area contributed by atoms with E-state index in [9.17, 15) is 0 Å². The Balaban J connectivity index is 0.00000645. The monoisotopic (exact) mass is 1270 g/mol. The van der Waals surface area contributed by atoms with Crippen LogP contribution in [0.2, 0.25) is 0 Å². The van der Waals surface area contributed by atoms with Gasteiger partial charge in [0.2, 0.25) is 0 Å². The van der Waals surface area contributed by atoms with E-state index in [1.165, 1.54) is 60.1 Å². The Bertz CT molecular complexity index is 4320. The van der Waals surface area contributed by atoms with Crippen LogP contribution in [0.5, 0.6) is 11.5 Å². The predicted molar refractivity (Wildman–Crippen MR) is 344 cm³/mol. The molecule has 5 heterocycles. The van der Waals surface area contributed by atoms with Crippen molar-refractivity contribution in [3.8, 4) is 39.6 Å². The molecule has 410 valence electrons. The van der Waals surface area contributed by atoms with E-state index in [2.05, 4.69) is 309 Å². The van der Waals surface area contributed by atoms with Gasteiger partial charge in [0, 0.05) is 73.2 Å². The van der Waals surface area contributed by atoms with Gasteiger partial charge in [0.05, 0.1) is 6.67 Å². The van der Waals surface area contributed by atoms with E-state index in [0.717, 1.165) is 56.7 Å². The van der Waals surface area contributed by atoms with Gasteiger partial charge in [-0.25, -0.2) is 4.98 Å². The molecule has 0 spiro atoms. The summed E-state index contributed by atoms with van der Waals surface area (Å²) < 4.78 is 10.3. The van der Waals surface area contributed by atoms with Crippen LogP contribution >= 0.6 is 0 Å². The first-order valence-corrected chi connectivity index (χ1v) is 30.6. The van der Waals surface area contributed by atoms with E-state index in [4.69, 9.17) is 9.72 Å². The Morgan fingerprint density at radius 2 is 1.07 bits per heavy atom. The first-order valence-electron chi connectivity index (χ1n) is 28.6. The number of rotatable bonds is 11. The number of benzene rings is 10. The van der Waals surface area contributed by atoms with Gasteiger partial charge >= 0.3 is 0 Å². The van der Waals surface area contributed by atoms with Gasteiger partial charge in [-0.1, -0.05) is 229 Å². The van der Waals surface area contributed by atoms with Crippen LogP contribution in [0.25, 0.3) is 49.9 Å². The third-order valence-corrected chi connectivity index (χ3v) is 22.2. The van der Waals surface area contributed by atoms with Crippen molar-refractivity contribution >= 4 is 73.4 Å². The van der Waals surface area contributed by atoms with Crippen LogP contribution in [0.1, 0.15) is 58.2 Å². The van der Waals surface area contributed by atoms with Crippen LogP contribution in [0.3, 0.4) is 0 Å². The average Bonchev–Trinajstić information content (AvgIpc) is 1.92. The van der Waals surface area contributed by atoms with Crippen LogP contribution in [0.15, 0.2) is 249 Å². The summed E-state index contributed by atoms with van der Waals surface area (Å²) >= 11 is 0. The Labute approximate surface area is 504 Å².